The van der Waals surface area contributed by atoms with Crippen molar-refractivity contribution in [3.63, 3.8) is 0 Å². The van der Waals surface area contributed by atoms with Gasteiger partial charge in [0.15, 0.2) is 0 Å². The first-order valence-corrected chi connectivity index (χ1v) is 5.78. The fourth-order valence-corrected chi connectivity index (χ4v) is 2.69. The van der Waals surface area contributed by atoms with Crippen LogP contribution in [0.25, 0.3) is 0 Å². The third-order valence-corrected chi connectivity index (χ3v) is 3.98. The second-order valence-electron chi connectivity index (χ2n) is 5.14. The Labute approximate surface area is 84.8 Å². The van der Waals surface area contributed by atoms with E-state index in [2.05, 4.69) is 24.1 Å². The smallest absolute Gasteiger partial charge is 0.244 e. The molecule has 3 fully saturated rings. The van der Waals surface area contributed by atoms with E-state index in [0.29, 0.717) is 18.1 Å². The standard InChI is InChI=1S/C11H18N2O/c1-3-9-12-11(4-5-11)10(14)13(9)8-6-7(8)2/h7-9,12H,3-6H2,1-2H3. The second kappa shape index (κ2) is 2.51. The normalized spacial score (nSPS) is 43.4. The Morgan fingerprint density at radius 3 is 2.64 bits per heavy atom. The minimum Gasteiger partial charge on any atom is -0.322 e. The Morgan fingerprint density at radius 1 is 1.57 bits per heavy atom. The zero-order valence-electron chi connectivity index (χ0n) is 8.92. The van der Waals surface area contributed by atoms with Gasteiger partial charge in [0, 0.05) is 6.04 Å². The van der Waals surface area contributed by atoms with E-state index in [1.807, 2.05) is 0 Å². The van der Waals surface area contributed by atoms with Crippen molar-refractivity contribution in [1.82, 2.24) is 10.2 Å². The SMILES string of the molecule is CCC1NC2(CC2)C(=O)N1C1CC1C. The molecule has 2 aliphatic carbocycles. The number of amides is 1. The molecule has 1 spiro atoms. The van der Waals surface area contributed by atoms with Crippen LogP contribution in [0, 0.1) is 5.92 Å². The van der Waals surface area contributed by atoms with Gasteiger partial charge in [0.2, 0.25) is 5.91 Å². The first-order chi connectivity index (χ1) is 6.68. The van der Waals surface area contributed by atoms with Gasteiger partial charge in [-0.05, 0) is 31.6 Å². The topological polar surface area (TPSA) is 32.3 Å². The molecule has 1 amide bonds. The summed E-state index contributed by atoms with van der Waals surface area (Å²) in [5, 5.41) is 3.51. The summed E-state index contributed by atoms with van der Waals surface area (Å²) in [6.45, 7) is 4.40. The lowest BCUT2D eigenvalue weighted by atomic mass is 10.2. The van der Waals surface area contributed by atoms with E-state index in [1.165, 1.54) is 6.42 Å². The van der Waals surface area contributed by atoms with Gasteiger partial charge in [0.05, 0.1) is 11.7 Å². The van der Waals surface area contributed by atoms with E-state index in [0.717, 1.165) is 25.2 Å². The van der Waals surface area contributed by atoms with Crippen LogP contribution in [0.3, 0.4) is 0 Å². The molecule has 78 valence electrons. The first-order valence-electron chi connectivity index (χ1n) is 5.78. The summed E-state index contributed by atoms with van der Waals surface area (Å²) in [7, 11) is 0. The molecule has 14 heavy (non-hydrogen) atoms. The summed E-state index contributed by atoms with van der Waals surface area (Å²) in [5.41, 5.74) is -0.108. The molecule has 3 nitrogen and oxygen atoms in total. The monoisotopic (exact) mass is 194 g/mol. The summed E-state index contributed by atoms with van der Waals surface area (Å²) in [6.07, 6.45) is 4.68. The molecule has 0 bridgehead atoms. The molecule has 3 atom stereocenters. The molecule has 1 aliphatic heterocycles. The van der Waals surface area contributed by atoms with Gasteiger partial charge < -0.3 is 4.90 Å². The third-order valence-electron chi connectivity index (χ3n) is 3.98. The maximum Gasteiger partial charge on any atom is 0.244 e. The van der Waals surface area contributed by atoms with Crippen LogP contribution < -0.4 is 5.32 Å². The van der Waals surface area contributed by atoms with Crippen LogP contribution in [0.1, 0.15) is 39.5 Å². The van der Waals surface area contributed by atoms with Crippen molar-refractivity contribution in [1.29, 1.82) is 0 Å². The summed E-state index contributed by atoms with van der Waals surface area (Å²) >= 11 is 0. The molecule has 1 saturated heterocycles. The largest absolute Gasteiger partial charge is 0.322 e. The van der Waals surface area contributed by atoms with Crippen molar-refractivity contribution < 1.29 is 4.79 Å². The molecule has 2 saturated carbocycles. The number of carbonyl (C=O) groups is 1. The predicted molar refractivity (Wildman–Crippen MR) is 53.6 cm³/mol. The maximum absolute atomic E-state index is 12.1. The molecule has 0 aromatic rings. The van der Waals surface area contributed by atoms with E-state index < -0.39 is 0 Å². The number of nitrogens with zero attached hydrogens (tertiary/aromatic N) is 1. The summed E-state index contributed by atoms with van der Waals surface area (Å²) < 4.78 is 0. The Balaban J connectivity index is 1.83. The quantitative estimate of drug-likeness (QED) is 0.714. The summed E-state index contributed by atoms with van der Waals surface area (Å²) in [6, 6.07) is 0.542. The fourth-order valence-electron chi connectivity index (χ4n) is 2.69. The highest BCUT2D eigenvalue weighted by Crippen LogP contribution is 2.47. The lowest BCUT2D eigenvalue weighted by Gasteiger charge is -2.23. The van der Waals surface area contributed by atoms with Crippen LogP contribution in [-0.4, -0.2) is 28.6 Å². The van der Waals surface area contributed by atoms with Gasteiger partial charge in [-0.25, -0.2) is 0 Å². The van der Waals surface area contributed by atoms with E-state index in [9.17, 15) is 4.79 Å². The molecular weight excluding hydrogens is 176 g/mol. The van der Waals surface area contributed by atoms with E-state index in [1.54, 1.807) is 0 Å². The Hall–Kier alpha value is -0.570. The van der Waals surface area contributed by atoms with E-state index >= 15 is 0 Å². The summed E-state index contributed by atoms with van der Waals surface area (Å²) in [4.78, 5) is 14.3. The number of nitrogens with one attached hydrogen (secondary N) is 1. The van der Waals surface area contributed by atoms with Crippen molar-refractivity contribution in [3.8, 4) is 0 Å². The van der Waals surface area contributed by atoms with Crippen LogP contribution >= 0.6 is 0 Å². The molecule has 1 heterocycles. The number of carbonyl (C=O) groups excluding carboxylic acids is 1. The molecule has 1 N–H and O–H groups in total. The Bertz CT molecular complexity index is 285. The zero-order valence-corrected chi connectivity index (χ0v) is 8.92. The molecule has 0 radical (unpaired) electrons. The van der Waals surface area contributed by atoms with Gasteiger partial charge in [-0.1, -0.05) is 13.8 Å². The van der Waals surface area contributed by atoms with Crippen molar-refractivity contribution in [2.24, 2.45) is 5.92 Å². The van der Waals surface area contributed by atoms with Crippen molar-refractivity contribution in [2.75, 3.05) is 0 Å². The number of rotatable bonds is 2. The molecule has 0 aromatic heterocycles. The van der Waals surface area contributed by atoms with Crippen molar-refractivity contribution >= 4 is 5.91 Å². The lowest BCUT2D eigenvalue weighted by molar-refractivity contribution is -0.131. The van der Waals surface area contributed by atoms with Crippen LogP contribution in [0.5, 0.6) is 0 Å². The molecule has 0 aromatic carbocycles. The van der Waals surface area contributed by atoms with Crippen LogP contribution in [0.15, 0.2) is 0 Å². The van der Waals surface area contributed by atoms with Crippen LogP contribution in [0.2, 0.25) is 0 Å². The highest BCUT2D eigenvalue weighted by molar-refractivity contribution is 5.92. The van der Waals surface area contributed by atoms with Gasteiger partial charge in [-0.3, -0.25) is 10.1 Å². The average Bonchev–Trinajstić information content (AvgIpc) is 3.03. The van der Waals surface area contributed by atoms with Gasteiger partial charge >= 0.3 is 0 Å². The molecule has 3 aliphatic rings. The van der Waals surface area contributed by atoms with Crippen LogP contribution in [-0.2, 0) is 4.79 Å². The highest BCUT2D eigenvalue weighted by atomic mass is 16.2. The first kappa shape index (κ1) is 8.72. The number of hydrogen-bond acceptors (Lipinski definition) is 2. The second-order valence-corrected chi connectivity index (χ2v) is 5.14. The molecular formula is C11H18N2O. The minimum atomic E-state index is -0.108. The predicted octanol–water partition coefficient (Wildman–Crippen LogP) is 1.10. The van der Waals surface area contributed by atoms with E-state index in [4.69, 9.17) is 0 Å². The zero-order chi connectivity index (χ0) is 9.92. The fraction of sp³-hybridized carbons (Fsp3) is 0.909. The highest BCUT2D eigenvalue weighted by Gasteiger charge is 2.62. The van der Waals surface area contributed by atoms with Gasteiger partial charge in [0.1, 0.15) is 0 Å². The maximum atomic E-state index is 12.1. The lowest BCUT2D eigenvalue weighted by Crippen LogP contribution is -2.39. The molecule has 3 rings (SSSR count). The number of hydrogen-bond donors (Lipinski definition) is 1. The van der Waals surface area contributed by atoms with Gasteiger partial charge in [-0.2, -0.15) is 0 Å². The Morgan fingerprint density at radius 2 is 2.21 bits per heavy atom. The van der Waals surface area contributed by atoms with E-state index in [-0.39, 0.29) is 5.54 Å². The van der Waals surface area contributed by atoms with Gasteiger partial charge in [0.25, 0.3) is 0 Å². The van der Waals surface area contributed by atoms with Crippen molar-refractivity contribution in [3.05, 3.63) is 0 Å². The van der Waals surface area contributed by atoms with Crippen molar-refractivity contribution in [2.45, 2.75) is 57.3 Å². The average molecular weight is 194 g/mol. The Kier molecular flexibility index (Phi) is 1.56. The third kappa shape index (κ3) is 0.991. The summed E-state index contributed by atoms with van der Waals surface area (Å²) in [5.74, 6) is 1.11. The minimum absolute atomic E-state index is 0.108. The molecule has 3 unspecified atom stereocenters. The molecule has 3 heteroatoms. The van der Waals surface area contributed by atoms with Crippen LogP contribution in [0.4, 0.5) is 0 Å². The van der Waals surface area contributed by atoms with Gasteiger partial charge in [-0.15, -0.1) is 0 Å².